The molecule has 1 aromatic heterocycles. The number of hydrogen-bond acceptors (Lipinski definition) is 8. The number of carboxylic acid groups (broad SMARTS) is 2. The van der Waals surface area contributed by atoms with Gasteiger partial charge in [0.15, 0.2) is 27.1 Å². The molecule has 9 nitrogen and oxygen atoms in total. The average Bonchev–Trinajstić information content (AvgIpc) is 3.07. The highest BCUT2D eigenvalue weighted by Gasteiger charge is 2.31. The van der Waals surface area contributed by atoms with Gasteiger partial charge in [-0.1, -0.05) is 23.7 Å². The van der Waals surface area contributed by atoms with Crippen molar-refractivity contribution in [2.24, 2.45) is 5.92 Å². The number of halogens is 1. The van der Waals surface area contributed by atoms with Crippen LogP contribution in [0.4, 0.5) is 5.69 Å². The lowest BCUT2D eigenvalue weighted by Gasteiger charge is -2.30. The zero-order chi connectivity index (χ0) is 23.5. The number of ether oxygens (including phenoxy) is 1. The molecule has 1 saturated heterocycles. The summed E-state index contributed by atoms with van der Waals surface area (Å²) in [7, 11) is -3.39. The van der Waals surface area contributed by atoms with Gasteiger partial charge in [0.25, 0.3) is 0 Å². The number of aromatic carboxylic acids is 1. The third kappa shape index (κ3) is 5.71. The van der Waals surface area contributed by atoms with Gasteiger partial charge in [-0.15, -0.1) is 11.3 Å². The topological polar surface area (TPSA) is 142 Å². The molecule has 3 rings (SSSR count). The zero-order valence-corrected chi connectivity index (χ0v) is 19.5. The molecular formula is C20H23ClN2O7S2. The van der Waals surface area contributed by atoms with E-state index in [9.17, 15) is 23.1 Å². The molecule has 1 fully saturated rings. The molecular weight excluding hydrogens is 480 g/mol. The van der Waals surface area contributed by atoms with Gasteiger partial charge in [-0.25, -0.2) is 18.0 Å². The SMILES string of the molecule is CS(=O)(=O)C(Nc1cccc(-c2sc(C(=O)O)c(OCC(=O)O)c2Cl)c1)C1CCNCC1. The van der Waals surface area contributed by atoms with Crippen molar-refractivity contribution in [3.63, 3.8) is 0 Å². The highest BCUT2D eigenvalue weighted by molar-refractivity contribution is 7.91. The van der Waals surface area contributed by atoms with Crippen molar-refractivity contribution in [2.45, 2.75) is 18.2 Å². The summed E-state index contributed by atoms with van der Waals surface area (Å²) in [5.41, 5.74) is 1.10. The second-order valence-corrected chi connectivity index (χ2v) is 11.0. The summed E-state index contributed by atoms with van der Waals surface area (Å²) in [5.74, 6) is -2.81. The van der Waals surface area contributed by atoms with Gasteiger partial charge >= 0.3 is 11.9 Å². The van der Waals surface area contributed by atoms with E-state index in [0.717, 1.165) is 37.3 Å². The number of piperidine rings is 1. The Morgan fingerprint density at radius 1 is 1.31 bits per heavy atom. The number of carboxylic acids is 2. The lowest BCUT2D eigenvalue weighted by Crippen LogP contribution is -2.42. The third-order valence-electron chi connectivity index (χ3n) is 5.05. The van der Waals surface area contributed by atoms with E-state index >= 15 is 0 Å². The molecule has 0 radical (unpaired) electrons. The van der Waals surface area contributed by atoms with Crippen LogP contribution in [0.2, 0.25) is 5.02 Å². The van der Waals surface area contributed by atoms with E-state index in [1.165, 1.54) is 6.26 Å². The quantitative estimate of drug-likeness (QED) is 0.407. The van der Waals surface area contributed by atoms with Crippen LogP contribution in [0, 0.1) is 5.92 Å². The van der Waals surface area contributed by atoms with Crippen LogP contribution in [0.25, 0.3) is 10.4 Å². The van der Waals surface area contributed by atoms with E-state index in [2.05, 4.69) is 10.6 Å². The molecule has 0 amide bonds. The van der Waals surface area contributed by atoms with Crippen LogP contribution >= 0.6 is 22.9 Å². The average molecular weight is 503 g/mol. The van der Waals surface area contributed by atoms with Gasteiger partial charge in [0, 0.05) is 11.9 Å². The van der Waals surface area contributed by atoms with Crippen molar-refractivity contribution in [2.75, 3.05) is 31.3 Å². The minimum Gasteiger partial charge on any atom is -0.479 e. The van der Waals surface area contributed by atoms with Crippen LogP contribution in [-0.2, 0) is 14.6 Å². The van der Waals surface area contributed by atoms with Crippen LogP contribution in [-0.4, -0.2) is 61.9 Å². The lowest BCUT2D eigenvalue weighted by atomic mass is 9.97. The molecule has 4 N–H and O–H groups in total. The Hall–Kier alpha value is -2.34. The second-order valence-electron chi connectivity index (χ2n) is 7.45. The molecule has 0 bridgehead atoms. The van der Waals surface area contributed by atoms with Crippen molar-refractivity contribution in [3.8, 4) is 16.2 Å². The van der Waals surface area contributed by atoms with E-state index in [4.69, 9.17) is 21.4 Å². The summed E-state index contributed by atoms with van der Waals surface area (Å²) in [6.07, 6.45) is 2.67. The first-order valence-electron chi connectivity index (χ1n) is 9.74. The molecule has 0 aliphatic carbocycles. The summed E-state index contributed by atoms with van der Waals surface area (Å²) < 4.78 is 30.0. The van der Waals surface area contributed by atoms with Crippen molar-refractivity contribution >= 4 is 50.4 Å². The number of aliphatic carboxylic acids is 1. The second kappa shape index (κ2) is 10.1. The molecule has 174 valence electrons. The number of carbonyl (C=O) groups is 2. The van der Waals surface area contributed by atoms with E-state index < -0.39 is 33.8 Å². The van der Waals surface area contributed by atoms with Crippen molar-refractivity contribution in [3.05, 3.63) is 34.2 Å². The summed E-state index contributed by atoms with van der Waals surface area (Å²) >= 11 is 7.21. The smallest absolute Gasteiger partial charge is 0.349 e. The summed E-state index contributed by atoms with van der Waals surface area (Å²) in [6, 6.07) is 6.82. The number of benzene rings is 1. The molecule has 12 heteroatoms. The number of rotatable bonds is 9. The molecule has 32 heavy (non-hydrogen) atoms. The molecule has 1 aromatic carbocycles. The van der Waals surface area contributed by atoms with E-state index in [1.807, 2.05) is 0 Å². The molecule has 2 aromatic rings. The third-order valence-corrected chi connectivity index (χ3v) is 8.16. The van der Waals surface area contributed by atoms with E-state index in [1.54, 1.807) is 24.3 Å². The van der Waals surface area contributed by atoms with Gasteiger partial charge in [0.05, 0.1) is 4.88 Å². The van der Waals surface area contributed by atoms with Gasteiger partial charge in [-0.05, 0) is 49.5 Å². The van der Waals surface area contributed by atoms with Gasteiger partial charge in [-0.3, -0.25) is 0 Å². The fourth-order valence-electron chi connectivity index (χ4n) is 3.62. The fraction of sp³-hybridized carbons (Fsp3) is 0.400. The molecule has 1 unspecified atom stereocenters. The normalized spacial score (nSPS) is 15.8. The Labute approximate surface area is 194 Å². The highest BCUT2D eigenvalue weighted by Crippen LogP contribution is 2.46. The van der Waals surface area contributed by atoms with Gasteiger partial charge < -0.3 is 25.6 Å². The lowest BCUT2D eigenvalue weighted by molar-refractivity contribution is -0.139. The Morgan fingerprint density at radius 2 is 2.00 bits per heavy atom. The summed E-state index contributed by atoms with van der Waals surface area (Å²) in [5, 5.41) is 23.9. The van der Waals surface area contributed by atoms with E-state index in [-0.39, 0.29) is 21.6 Å². The maximum absolute atomic E-state index is 12.5. The van der Waals surface area contributed by atoms with E-state index in [0.29, 0.717) is 16.1 Å². The van der Waals surface area contributed by atoms with Crippen LogP contribution in [0.3, 0.4) is 0 Å². The predicted molar refractivity (Wildman–Crippen MR) is 123 cm³/mol. The molecule has 0 spiro atoms. The summed E-state index contributed by atoms with van der Waals surface area (Å²) in [6.45, 7) is 0.768. The maximum Gasteiger partial charge on any atom is 0.349 e. The number of anilines is 1. The van der Waals surface area contributed by atoms with Crippen LogP contribution in [0.1, 0.15) is 22.5 Å². The number of hydrogen-bond donors (Lipinski definition) is 4. The molecule has 1 aliphatic rings. The number of sulfone groups is 1. The van der Waals surface area contributed by atoms with Crippen molar-refractivity contribution in [1.82, 2.24) is 5.32 Å². The Balaban J connectivity index is 1.94. The minimum atomic E-state index is -3.39. The number of thiophene rings is 1. The van der Waals surface area contributed by atoms with Crippen LogP contribution in [0.5, 0.6) is 5.75 Å². The first kappa shape index (κ1) is 24.3. The Morgan fingerprint density at radius 3 is 2.59 bits per heavy atom. The monoisotopic (exact) mass is 502 g/mol. The standard InChI is InChI=1S/C20H23ClN2O7S2/c1-32(28,29)19(11-5-7-22-8-6-11)23-13-4-2-3-12(9-13)17-15(21)16(30-10-14(24)25)18(31-17)20(26)27/h2-4,9,11,19,22-23H,5-8,10H2,1H3,(H,24,25)(H,26,27). The van der Waals surface area contributed by atoms with Gasteiger partial charge in [-0.2, -0.15) is 0 Å². The van der Waals surface area contributed by atoms with Crippen molar-refractivity contribution in [1.29, 1.82) is 0 Å². The molecule has 2 heterocycles. The van der Waals surface area contributed by atoms with Crippen LogP contribution in [0.15, 0.2) is 24.3 Å². The maximum atomic E-state index is 12.5. The van der Waals surface area contributed by atoms with Gasteiger partial charge in [0.1, 0.15) is 10.4 Å². The highest BCUT2D eigenvalue weighted by atomic mass is 35.5. The Bertz CT molecular complexity index is 1110. The molecule has 1 atom stereocenters. The van der Waals surface area contributed by atoms with Gasteiger partial charge in [0.2, 0.25) is 0 Å². The van der Waals surface area contributed by atoms with Crippen LogP contribution < -0.4 is 15.4 Å². The van der Waals surface area contributed by atoms with Crippen molar-refractivity contribution < 1.29 is 33.0 Å². The predicted octanol–water partition coefficient (Wildman–Crippen LogP) is 3.01. The fourth-order valence-corrected chi connectivity index (χ4v) is 6.34. The first-order valence-corrected chi connectivity index (χ1v) is 12.9. The largest absolute Gasteiger partial charge is 0.479 e. The minimum absolute atomic E-state index is 0.0104. The Kier molecular flexibility index (Phi) is 7.65. The zero-order valence-electron chi connectivity index (χ0n) is 17.1. The summed E-state index contributed by atoms with van der Waals surface area (Å²) in [4.78, 5) is 22.6. The first-order chi connectivity index (χ1) is 15.1. The number of nitrogens with one attached hydrogen (secondary N) is 2. The molecule has 0 saturated carbocycles. The molecule has 1 aliphatic heterocycles.